The average molecular weight is 254 g/mol. The largest absolute Gasteiger partial charge is 0.495 e. The molecule has 2 rings (SSSR count). The van der Waals surface area contributed by atoms with E-state index in [4.69, 9.17) is 4.74 Å². The van der Waals surface area contributed by atoms with E-state index in [0.717, 1.165) is 29.4 Å². The van der Waals surface area contributed by atoms with Gasteiger partial charge in [-0.25, -0.2) is 0 Å². The highest BCUT2D eigenvalue weighted by atomic mass is 32.1. The van der Waals surface area contributed by atoms with Crippen molar-refractivity contribution in [3.05, 3.63) is 16.3 Å². The Morgan fingerprint density at radius 1 is 1.35 bits per heavy atom. The summed E-state index contributed by atoms with van der Waals surface area (Å²) in [4.78, 5) is 0.999. The average Bonchev–Trinajstić information content (AvgIpc) is 2.80. The summed E-state index contributed by atoms with van der Waals surface area (Å²) in [5.41, 5.74) is 0. The van der Waals surface area contributed by atoms with Gasteiger partial charge in [0, 0.05) is 0 Å². The van der Waals surface area contributed by atoms with E-state index in [2.05, 4.69) is 13.8 Å². The van der Waals surface area contributed by atoms with Crippen molar-refractivity contribution in [1.82, 2.24) is 0 Å². The van der Waals surface area contributed by atoms with E-state index >= 15 is 0 Å². The molecule has 4 atom stereocenters. The van der Waals surface area contributed by atoms with Gasteiger partial charge in [0.15, 0.2) is 0 Å². The summed E-state index contributed by atoms with van der Waals surface area (Å²) in [5, 5.41) is 12.5. The predicted octanol–water partition coefficient (Wildman–Crippen LogP) is 3.86. The lowest BCUT2D eigenvalue weighted by atomic mass is 9.73. The summed E-state index contributed by atoms with van der Waals surface area (Å²) < 4.78 is 5.30. The normalized spacial score (nSPS) is 31.2. The lowest BCUT2D eigenvalue weighted by Crippen LogP contribution is -2.25. The molecule has 1 aliphatic carbocycles. The second-order valence-corrected chi connectivity index (χ2v) is 6.27. The second kappa shape index (κ2) is 5.40. The molecule has 1 N–H and O–H groups in total. The molecule has 1 heterocycles. The topological polar surface area (TPSA) is 29.5 Å². The summed E-state index contributed by atoms with van der Waals surface area (Å²) in [6.07, 6.45) is 3.15. The van der Waals surface area contributed by atoms with Crippen LogP contribution in [0, 0.1) is 17.8 Å². The minimum absolute atomic E-state index is 0.347. The Hall–Kier alpha value is -0.540. The number of methoxy groups -OCH3 is 1. The van der Waals surface area contributed by atoms with Gasteiger partial charge in [0.2, 0.25) is 0 Å². The van der Waals surface area contributed by atoms with Crippen LogP contribution in [-0.4, -0.2) is 12.2 Å². The van der Waals surface area contributed by atoms with Crippen molar-refractivity contribution in [2.45, 2.75) is 39.2 Å². The third kappa shape index (κ3) is 2.66. The van der Waals surface area contributed by atoms with Gasteiger partial charge in [-0.05, 0) is 42.0 Å². The highest BCUT2D eigenvalue weighted by Crippen LogP contribution is 2.43. The minimum atomic E-state index is -0.347. The third-order valence-corrected chi connectivity index (χ3v) is 5.20. The van der Waals surface area contributed by atoms with Crippen molar-refractivity contribution in [3.8, 4) is 5.75 Å². The number of thiophene rings is 1. The van der Waals surface area contributed by atoms with Gasteiger partial charge in [-0.15, -0.1) is 11.3 Å². The molecule has 1 fully saturated rings. The van der Waals surface area contributed by atoms with Gasteiger partial charge in [-0.2, -0.15) is 0 Å². The van der Waals surface area contributed by atoms with E-state index in [1.54, 1.807) is 18.4 Å². The van der Waals surface area contributed by atoms with Gasteiger partial charge in [-0.3, -0.25) is 0 Å². The fourth-order valence-electron chi connectivity index (χ4n) is 2.78. The van der Waals surface area contributed by atoms with E-state index in [0.29, 0.717) is 11.8 Å². The molecule has 1 aromatic heterocycles. The molecular formula is C14H22O2S. The quantitative estimate of drug-likeness (QED) is 0.887. The number of ether oxygens (including phenoxy) is 1. The Kier molecular flexibility index (Phi) is 4.10. The molecule has 1 saturated carbocycles. The third-order valence-electron chi connectivity index (χ3n) is 4.23. The fourth-order valence-corrected chi connectivity index (χ4v) is 3.72. The SMILES string of the molecule is COc1ccsc1C(O)C1CCC(C)C(C)C1. The van der Waals surface area contributed by atoms with Crippen molar-refractivity contribution in [2.75, 3.05) is 7.11 Å². The van der Waals surface area contributed by atoms with E-state index in [9.17, 15) is 5.11 Å². The van der Waals surface area contributed by atoms with Crippen molar-refractivity contribution >= 4 is 11.3 Å². The van der Waals surface area contributed by atoms with Crippen molar-refractivity contribution in [3.63, 3.8) is 0 Å². The summed E-state index contributed by atoms with van der Waals surface area (Å²) in [6.45, 7) is 4.62. The maximum absolute atomic E-state index is 10.5. The first kappa shape index (κ1) is 12.9. The van der Waals surface area contributed by atoms with E-state index in [1.807, 2.05) is 11.4 Å². The molecule has 3 heteroatoms. The highest BCUT2D eigenvalue weighted by molar-refractivity contribution is 7.10. The van der Waals surface area contributed by atoms with Gasteiger partial charge in [0.05, 0.1) is 18.1 Å². The Labute approximate surface area is 108 Å². The van der Waals surface area contributed by atoms with Crippen molar-refractivity contribution < 1.29 is 9.84 Å². The Balaban J connectivity index is 2.07. The van der Waals surface area contributed by atoms with Crippen LogP contribution in [0.3, 0.4) is 0 Å². The Bertz CT molecular complexity index is 361. The molecule has 0 spiro atoms. The van der Waals surface area contributed by atoms with Crippen LogP contribution in [0.15, 0.2) is 11.4 Å². The van der Waals surface area contributed by atoms with E-state index in [1.165, 1.54) is 6.42 Å². The van der Waals surface area contributed by atoms with Crippen molar-refractivity contribution in [2.24, 2.45) is 17.8 Å². The number of aliphatic hydroxyl groups is 1. The molecule has 0 aromatic carbocycles. The molecule has 96 valence electrons. The lowest BCUT2D eigenvalue weighted by molar-refractivity contribution is 0.0570. The molecule has 1 aromatic rings. The number of hydrogen-bond donors (Lipinski definition) is 1. The molecule has 0 aliphatic heterocycles. The predicted molar refractivity (Wildman–Crippen MR) is 71.5 cm³/mol. The molecule has 4 unspecified atom stereocenters. The maximum Gasteiger partial charge on any atom is 0.135 e. The molecule has 0 amide bonds. The Morgan fingerprint density at radius 2 is 2.12 bits per heavy atom. The van der Waals surface area contributed by atoms with Gasteiger partial charge >= 0.3 is 0 Å². The lowest BCUT2D eigenvalue weighted by Gasteiger charge is -2.34. The van der Waals surface area contributed by atoms with E-state index in [-0.39, 0.29) is 6.10 Å². The highest BCUT2D eigenvalue weighted by Gasteiger charge is 2.31. The van der Waals surface area contributed by atoms with Crippen molar-refractivity contribution in [1.29, 1.82) is 0 Å². The molecule has 0 bridgehead atoms. The molecule has 17 heavy (non-hydrogen) atoms. The molecule has 2 nitrogen and oxygen atoms in total. The standard InChI is InChI=1S/C14H22O2S/c1-9-4-5-11(8-10(9)2)13(15)14-12(16-3)6-7-17-14/h6-7,9-11,13,15H,4-5,8H2,1-3H3. The molecule has 0 radical (unpaired) electrons. The Morgan fingerprint density at radius 3 is 2.76 bits per heavy atom. The zero-order valence-electron chi connectivity index (χ0n) is 10.8. The molecule has 1 aliphatic rings. The van der Waals surface area contributed by atoms with Gasteiger partial charge in [0.25, 0.3) is 0 Å². The minimum Gasteiger partial charge on any atom is -0.495 e. The first-order valence-electron chi connectivity index (χ1n) is 6.43. The maximum atomic E-state index is 10.5. The van der Waals surface area contributed by atoms with E-state index < -0.39 is 0 Å². The number of aliphatic hydroxyl groups excluding tert-OH is 1. The molecular weight excluding hydrogens is 232 g/mol. The first-order chi connectivity index (χ1) is 8.13. The zero-order chi connectivity index (χ0) is 12.4. The summed E-state index contributed by atoms with van der Waals surface area (Å²) in [7, 11) is 1.67. The zero-order valence-corrected chi connectivity index (χ0v) is 11.7. The summed E-state index contributed by atoms with van der Waals surface area (Å²) in [5.74, 6) is 2.75. The van der Waals surface area contributed by atoms with Crippen LogP contribution in [0.25, 0.3) is 0 Å². The number of hydrogen-bond acceptors (Lipinski definition) is 3. The van der Waals surface area contributed by atoms with Crippen LogP contribution in [0.5, 0.6) is 5.75 Å². The summed E-state index contributed by atoms with van der Waals surface area (Å²) in [6, 6.07) is 1.94. The van der Waals surface area contributed by atoms with Crippen LogP contribution in [-0.2, 0) is 0 Å². The monoisotopic (exact) mass is 254 g/mol. The molecule has 0 saturated heterocycles. The smallest absolute Gasteiger partial charge is 0.135 e. The summed E-state index contributed by atoms with van der Waals surface area (Å²) >= 11 is 1.60. The first-order valence-corrected chi connectivity index (χ1v) is 7.31. The van der Waals surface area contributed by atoms with Crippen LogP contribution in [0.2, 0.25) is 0 Å². The fraction of sp³-hybridized carbons (Fsp3) is 0.714. The van der Waals surface area contributed by atoms with Gasteiger partial charge in [0.1, 0.15) is 5.75 Å². The van der Waals surface area contributed by atoms with Crippen LogP contribution in [0.4, 0.5) is 0 Å². The van der Waals surface area contributed by atoms with Gasteiger partial charge in [-0.1, -0.05) is 20.3 Å². The van der Waals surface area contributed by atoms with Gasteiger partial charge < -0.3 is 9.84 Å². The van der Waals surface area contributed by atoms with Crippen LogP contribution in [0.1, 0.15) is 44.1 Å². The number of rotatable bonds is 3. The van der Waals surface area contributed by atoms with Crippen LogP contribution < -0.4 is 4.74 Å². The second-order valence-electron chi connectivity index (χ2n) is 5.33. The van der Waals surface area contributed by atoms with Crippen LogP contribution >= 0.6 is 11.3 Å².